The van der Waals surface area contributed by atoms with Gasteiger partial charge < -0.3 is 14.2 Å². The minimum atomic E-state index is 0.804. The van der Waals surface area contributed by atoms with Gasteiger partial charge in [-0.3, -0.25) is 0 Å². The Morgan fingerprint density at radius 3 is 2.05 bits per heavy atom. The molecule has 0 unspecified atom stereocenters. The van der Waals surface area contributed by atoms with Gasteiger partial charge in [0.2, 0.25) is 0 Å². The first-order valence-corrected chi connectivity index (χ1v) is 6.94. The second-order valence-corrected chi connectivity index (χ2v) is 5.10. The predicted octanol–water partition coefficient (Wildman–Crippen LogP) is 3.92. The third kappa shape index (κ3) is 3.30. The average molecular weight is 286 g/mol. The minimum absolute atomic E-state index is 0.804. The number of ether oxygens (including phenoxy) is 3. The Labute approximate surface area is 126 Å². The standard InChI is InChI=1S/C18H22O3/c1-12-9-17(20-4)13(2)8-15(12)10-14-6-7-16(19-3)11-18(14)21-5/h6-9,11H,10H2,1-5H3. The molecule has 0 aliphatic rings. The summed E-state index contributed by atoms with van der Waals surface area (Å²) >= 11 is 0. The number of benzene rings is 2. The van der Waals surface area contributed by atoms with Gasteiger partial charge in [0.25, 0.3) is 0 Å². The smallest absolute Gasteiger partial charge is 0.126 e. The van der Waals surface area contributed by atoms with E-state index in [0.717, 1.165) is 34.8 Å². The fourth-order valence-electron chi connectivity index (χ4n) is 2.46. The molecular formula is C18H22O3. The van der Waals surface area contributed by atoms with E-state index in [1.807, 2.05) is 12.1 Å². The lowest BCUT2D eigenvalue weighted by Gasteiger charge is -2.14. The quantitative estimate of drug-likeness (QED) is 0.833. The zero-order chi connectivity index (χ0) is 15.4. The van der Waals surface area contributed by atoms with E-state index in [4.69, 9.17) is 14.2 Å². The van der Waals surface area contributed by atoms with Crippen LogP contribution in [-0.2, 0) is 6.42 Å². The van der Waals surface area contributed by atoms with Gasteiger partial charge in [0, 0.05) is 12.5 Å². The highest BCUT2D eigenvalue weighted by molar-refractivity contribution is 5.47. The van der Waals surface area contributed by atoms with Crippen molar-refractivity contribution in [1.82, 2.24) is 0 Å². The molecule has 112 valence electrons. The van der Waals surface area contributed by atoms with Crippen LogP contribution >= 0.6 is 0 Å². The molecule has 0 amide bonds. The summed E-state index contributed by atoms with van der Waals surface area (Å²) in [5.41, 5.74) is 4.78. The summed E-state index contributed by atoms with van der Waals surface area (Å²) in [6.07, 6.45) is 0.823. The van der Waals surface area contributed by atoms with E-state index in [1.165, 1.54) is 11.1 Å². The molecule has 0 aromatic heterocycles. The molecule has 2 aromatic carbocycles. The first kappa shape index (κ1) is 15.2. The lowest BCUT2D eigenvalue weighted by atomic mass is 9.97. The third-order valence-corrected chi connectivity index (χ3v) is 3.73. The molecule has 0 bridgehead atoms. The molecule has 0 N–H and O–H groups in total. The molecule has 0 saturated carbocycles. The number of rotatable bonds is 5. The summed E-state index contributed by atoms with van der Waals surface area (Å²) in [5, 5.41) is 0. The predicted molar refractivity (Wildman–Crippen MR) is 84.8 cm³/mol. The first-order chi connectivity index (χ1) is 10.1. The van der Waals surface area contributed by atoms with Gasteiger partial charge in [-0.25, -0.2) is 0 Å². The maximum atomic E-state index is 5.47. The van der Waals surface area contributed by atoms with E-state index in [9.17, 15) is 0 Å². The van der Waals surface area contributed by atoms with Crippen LogP contribution in [0.15, 0.2) is 30.3 Å². The van der Waals surface area contributed by atoms with E-state index in [-0.39, 0.29) is 0 Å². The molecule has 3 nitrogen and oxygen atoms in total. The van der Waals surface area contributed by atoms with Crippen molar-refractivity contribution in [2.24, 2.45) is 0 Å². The van der Waals surface area contributed by atoms with E-state index in [2.05, 4.69) is 32.0 Å². The van der Waals surface area contributed by atoms with Gasteiger partial charge in [-0.15, -0.1) is 0 Å². The highest BCUT2D eigenvalue weighted by Gasteiger charge is 2.10. The normalized spacial score (nSPS) is 10.3. The van der Waals surface area contributed by atoms with Crippen LogP contribution < -0.4 is 14.2 Å². The first-order valence-electron chi connectivity index (χ1n) is 6.94. The van der Waals surface area contributed by atoms with Crippen molar-refractivity contribution in [3.8, 4) is 17.2 Å². The number of aryl methyl sites for hydroxylation is 2. The van der Waals surface area contributed by atoms with Crippen molar-refractivity contribution < 1.29 is 14.2 Å². The second-order valence-electron chi connectivity index (χ2n) is 5.10. The Kier molecular flexibility index (Phi) is 4.73. The molecule has 3 heteroatoms. The summed E-state index contributed by atoms with van der Waals surface area (Å²) in [6.45, 7) is 4.17. The SMILES string of the molecule is COc1ccc(Cc2cc(C)c(OC)cc2C)c(OC)c1. The molecular weight excluding hydrogens is 264 g/mol. The van der Waals surface area contributed by atoms with Gasteiger partial charge in [-0.1, -0.05) is 12.1 Å². The maximum Gasteiger partial charge on any atom is 0.126 e. The van der Waals surface area contributed by atoms with Gasteiger partial charge in [-0.2, -0.15) is 0 Å². The van der Waals surface area contributed by atoms with E-state index < -0.39 is 0 Å². The summed E-state index contributed by atoms with van der Waals surface area (Å²) in [4.78, 5) is 0. The van der Waals surface area contributed by atoms with Crippen LogP contribution in [-0.4, -0.2) is 21.3 Å². The lowest BCUT2D eigenvalue weighted by molar-refractivity contribution is 0.391. The molecule has 21 heavy (non-hydrogen) atoms. The zero-order valence-electron chi connectivity index (χ0n) is 13.3. The molecule has 0 aliphatic heterocycles. The molecule has 2 rings (SSSR count). The fraction of sp³-hybridized carbons (Fsp3) is 0.333. The Hall–Kier alpha value is -2.16. The topological polar surface area (TPSA) is 27.7 Å². The fourth-order valence-corrected chi connectivity index (χ4v) is 2.46. The van der Waals surface area contributed by atoms with Crippen LogP contribution in [0.4, 0.5) is 0 Å². The highest BCUT2D eigenvalue weighted by atomic mass is 16.5. The Morgan fingerprint density at radius 1 is 0.714 bits per heavy atom. The lowest BCUT2D eigenvalue weighted by Crippen LogP contribution is -1.98. The van der Waals surface area contributed by atoms with Gasteiger partial charge in [0.05, 0.1) is 21.3 Å². The Bertz CT molecular complexity index is 633. The molecule has 0 heterocycles. The Morgan fingerprint density at radius 2 is 1.43 bits per heavy atom. The van der Waals surface area contributed by atoms with E-state index in [0.29, 0.717) is 0 Å². The summed E-state index contributed by atoms with van der Waals surface area (Å²) in [7, 11) is 5.05. The van der Waals surface area contributed by atoms with Crippen LogP contribution in [0.2, 0.25) is 0 Å². The molecule has 0 spiro atoms. The van der Waals surface area contributed by atoms with Crippen molar-refractivity contribution in [3.05, 3.63) is 52.6 Å². The van der Waals surface area contributed by atoms with Crippen LogP contribution in [0.5, 0.6) is 17.2 Å². The van der Waals surface area contributed by atoms with Crippen molar-refractivity contribution >= 4 is 0 Å². The summed E-state index contributed by atoms with van der Waals surface area (Å²) in [6, 6.07) is 10.2. The van der Waals surface area contributed by atoms with Gasteiger partial charge in [-0.05, 0) is 48.2 Å². The van der Waals surface area contributed by atoms with Crippen LogP contribution in [0.3, 0.4) is 0 Å². The summed E-state index contributed by atoms with van der Waals surface area (Å²) < 4.78 is 16.1. The number of methoxy groups -OCH3 is 3. The van der Waals surface area contributed by atoms with Crippen molar-refractivity contribution in [3.63, 3.8) is 0 Å². The summed E-state index contributed by atoms with van der Waals surface area (Å²) in [5.74, 6) is 2.58. The maximum absolute atomic E-state index is 5.47. The van der Waals surface area contributed by atoms with E-state index in [1.54, 1.807) is 21.3 Å². The number of hydrogen-bond acceptors (Lipinski definition) is 3. The van der Waals surface area contributed by atoms with Crippen molar-refractivity contribution in [2.45, 2.75) is 20.3 Å². The largest absolute Gasteiger partial charge is 0.497 e. The zero-order valence-corrected chi connectivity index (χ0v) is 13.3. The molecule has 0 fully saturated rings. The van der Waals surface area contributed by atoms with Gasteiger partial charge >= 0.3 is 0 Å². The van der Waals surface area contributed by atoms with Crippen molar-refractivity contribution in [1.29, 1.82) is 0 Å². The molecule has 2 aromatic rings. The Balaban J connectivity index is 2.36. The van der Waals surface area contributed by atoms with Crippen LogP contribution in [0, 0.1) is 13.8 Å². The molecule has 0 saturated heterocycles. The molecule has 0 aliphatic carbocycles. The minimum Gasteiger partial charge on any atom is -0.497 e. The average Bonchev–Trinajstić information content (AvgIpc) is 2.50. The van der Waals surface area contributed by atoms with E-state index >= 15 is 0 Å². The van der Waals surface area contributed by atoms with Crippen molar-refractivity contribution in [2.75, 3.05) is 21.3 Å². The second kappa shape index (κ2) is 6.53. The number of hydrogen-bond donors (Lipinski definition) is 0. The highest BCUT2D eigenvalue weighted by Crippen LogP contribution is 2.29. The molecule has 0 radical (unpaired) electrons. The van der Waals surface area contributed by atoms with Gasteiger partial charge in [0.15, 0.2) is 0 Å². The van der Waals surface area contributed by atoms with Crippen LogP contribution in [0.25, 0.3) is 0 Å². The monoisotopic (exact) mass is 286 g/mol. The van der Waals surface area contributed by atoms with Crippen LogP contribution in [0.1, 0.15) is 22.3 Å². The third-order valence-electron chi connectivity index (χ3n) is 3.73. The molecule has 0 atom stereocenters. The van der Waals surface area contributed by atoms with Gasteiger partial charge in [0.1, 0.15) is 17.2 Å².